The Kier molecular flexibility index (Phi) is 5.02. The highest BCUT2D eigenvalue weighted by molar-refractivity contribution is 9.10. The van der Waals surface area contributed by atoms with Crippen molar-refractivity contribution in [2.24, 2.45) is 0 Å². The first-order valence-corrected chi connectivity index (χ1v) is 8.12. The number of aliphatic hydroxyl groups excluding tert-OH is 1. The molecule has 0 spiro atoms. The Balaban J connectivity index is 1.89. The molecule has 0 fully saturated rings. The molecular formula is C17H15BrN4O2. The number of pyridine rings is 1. The Bertz CT molecular complexity index is 832. The minimum atomic E-state index is -0.274. The quantitative estimate of drug-likeness (QED) is 0.706. The Morgan fingerprint density at radius 1 is 1.25 bits per heavy atom. The molecule has 3 rings (SSSR count). The van der Waals surface area contributed by atoms with Crippen molar-refractivity contribution < 1.29 is 9.90 Å². The lowest BCUT2D eigenvalue weighted by Gasteiger charge is -2.07. The molecule has 0 bridgehead atoms. The van der Waals surface area contributed by atoms with Crippen molar-refractivity contribution in [3.05, 3.63) is 64.9 Å². The first-order valence-electron chi connectivity index (χ1n) is 7.33. The molecule has 0 aliphatic heterocycles. The molecule has 0 radical (unpaired) electrons. The lowest BCUT2D eigenvalue weighted by molar-refractivity contribution is 0.102. The molecule has 3 aromatic rings. The number of carbonyl (C=O) groups is 1. The van der Waals surface area contributed by atoms with Crippen LogP contribution in [0.25, 0.3) is 11.3 Å². The van der Waals surface area contributed by atoms with Crippen LogP contribution >= 0.6 is 15.9 Å². The van der Waals surface area contributed by atoms with Crippen molar-refractivity contribution in [3.63, 3.8) is 0 Å². The maximum atomic E-state index is 12.3. The monoisotopic (exact) mass is 386 g/mol. The van der Waals surface area contributed by atoms with Gasteiger partial charge in [0.1, 0.15) is 5.82 Å². The van der Waals surface area contributed by atoms with Crippen LogP contribution in [0.5, 0.6) is 0 Å². The van der Waals surface area contributed by atoms with E-state index in [9.17, 15) is 9.90 Å². The van der Waals surface area contributed by atoms with Crippen molar-refractivity contribution in [1.29, 1.82) is 0 Å². The third-order valence-corrected chi connectivity index (χ3v) is 3.93. The summed E-state index contributed by atoms with van der Waals surface area (Å²) >= 11 is 3.40. The van der Waals surface area contributed by atoms with Gasteiger partial charge in [-0.15, -0.1) is 0 Å². The van der Waals surface area contributed by atoms with Crippen molar-refractivity contribution in [2.45, 2.75) is 6.54 Å². The highest BCUT2D eigenvalue weighted by Gasteiger charge is 2.13. The van der Waals surface area contributed by atoms with Gasteiger partial charge in [-0.2, -0.15) is 5.10 Å². The number of nitrogens with zero attached hydrogens (tertiary/aromatic N) is 3. The van der Waals surface area contributed by atoms with Crippen LogP contribution in [0.4, 0.5) is 5.82 Å². The summed E-state index contributed by atoms with van der Waals surface area (Å²) in [6.07, 6.45) is 3.11. The average molecular weight is 387 g/mol. The Morgan fingerprint density at radius 3 is 2.71 bits per heavy atom. The van der Waals surface area contributed by atoms with Gasteiger partial charge in [0.05, 0.1) is 24.4 Å². The lowest BCUT2D eigenvalue weighted by Crippen LogP contribution is -2.16. The molecule has 2 aromatic heterocycles. The summed E-state index contributed by atoms with van der Waals surface area (Å²) in [5.41, 5.74) is 2.10. The maximum Gasteiger partial charge on any atom is 0.258 e. The summed E-state index contributed by atoms with van der Waals surface area (Å²) in [5, 5.41) is 16.5. The number of hydrogen-bond acceptors (Lipinski definition) is 4. The van der Waals surface area contributed by atoms with Gasteiger partial charge in [-0.25, -0.2) is 4.68 Å². The van der Waals surface area contributed by atoms with Gasteiger partial charge in [0.2, 0.25) is 0 Å². The highest BCUT2D eigenvalue weighted by atomic mass is 79.9. The molecule has 2 heterocycles. The van der Waals surface area contributed by atoms with Crippen molar-refractivity contribution in [3.8, 4) is 11.3 Å². The molecule has 0 atom stereocenters. The van der Waals surface area contributed by atoms with Gasteiger partial charge in [0.25, 0.3) is 5.91 Å². The predicted molar refractivity (Wildman–Crippen MR) is 94.6 cm³/mol. The van der Waals surface area contributed by atoms with Crippen LogP contribution in [0.1, 0.15) is 10.4 Å². The van der Waals surface area contributed by atoms with Gasteiger partial charge < -0.3 is 10.4 Å². The summed E-state index contributed by atoms with van der Waals surface area (Å²) in [4.78, 5) is 16.2. The van der Waals surface area contributed by atoms with Crippen LogP contribution in [0.3, 0.4) is 0 Å². The van der Waals surface area contributed by atoms with Crippen LogP contribution in [0.15, 0.2) is 59.3 Å². The summed E-state index contributed by atoms with van der Waals surface area (Å²) < 4.78 is 2.55. The van der Waals surface area contributed by atoms with Gasteiger partial charge in [-0.3, -0.25) is 9.78 Å². The van der Waals surface area contributed by atoms with Crippen molar-refractivity contribution >= 4 is 27.7 Å². The second-order valence-corrected chi connectivity index (χ2v) is 5.98. The van der Waals surface area contributed by atoms with Crippen LogP contribution in [-0.2, 0) is 6.54 Å². The summed E-state index contributed by atoms with van der Waals surface area (Å²) in [6, 6.07) is 12.9. The minimum absolute atomic E-state index is 0.0722. The number of anilines is 1. The van der Waals surface area contributed by atoms with Crippen LogP contribution in [0.2, 0.25) is 0 Å². The number of rotatable bonds is 5. The van der Waals surface area contributed by atoms with E-state index < -0.39 is 0 Å². The number of benzene rings is 1. The summed E-state index contributed by atoms with van der Waals surface area (Å²) in [6.45, 7) is 0.219. The zero-order chi connectivity index (χ0) is 16.9. The standard InChI is InChI=1S/C17H15BrN4O2/c18-14-5-3-12(4-6-14)15-10-16(22(21-15)8-9-23)20-17(24)13-2-1-7-19-11-13/h1-7,10-11,23H,8-9H2,(H,20,24). The van der Waals surface area contributed by atoms with E-state index in [2.05, 4.69) is 31.3 Å². The number of amides is 1. The molecule has 0 saturated heterocycles. The summed E-state index contributed by atoms with van der Waals surface area (Å²) in [7, 11) is 0. The molecule has 0 saturated carbocycles. The van der Waals surface area contributed by atoms with Crippen molar-refractivity contribution in [1.82, 2.24) is 14.8 Å². The molecule has 0 aliphatic rings. The van der Waals surface area contributed by atoms with Gasteiger partial charge >= 0.3 is 0 Å². The van der Waals surface area contributed by atoms with Crippen LogP contribution < -0.4 is 5.32 Å². The average Bonchev–Trinajstić information content (AvgIpc) is 2.99. The third kappa shape index (κ3) is 3.69. The highest BCUT2D eigenvalue weighted by Crippen LogP contribution is 2.24. The van der Waals surface area contributed by atoms with Crippen molar-refractivity contribution in [2.75, 3.05) is 11.9 Å². The topological polar surface area (TPSA) is 80.0 Å². The fourth-order valence-electron chi connectivity index (χ4n) is 2.23. The molecule has 0 aliphatic carbocycles. The molecular weight excluding hydrogens is 372 g/mol. The maximum absolute atomic E-state index is 12.3. The molecule has 7 heteroatoms. The Hall–Kier alpha value is -2.51. The number of carbonyl (C=O) groups excluding carboxylic acids is 1. The number of nitrogens with one attached hydrogen (secondary N) is 1. The third-order valence-electron chi connectivity index (χ3n) is 3.40. The first kappa shape index (κ1) is 16.4. The largest absolute Gasteiger partial charge is 0.394 e. The van der Waals surface area contributed by atoms with Gasteiger partial charge in [-0.1, -0.05) is 28.1 Å². The number of hydrogen-bond donors (Lipinski definition) is 2. The Morgan fingerprint density at radius 2 is 2.04 bits per heavy atom. The number of halogens is 1. The van der Waals surface area contributed by atoms with E-state index >= 15 is 0 Å². The zero-order valence-electron chi connectivity index (χ0n) is 12.7. The smallest absolute Gasteiger partial charge is 0.258 e. The molecule has 2 N–H and O–H groups in total. The van der Waals surface area contributed by atoms with E-state index in [0.717, 1.165) is 15.7 Å². The predicted octanol–water partition coefficient (Wildman–Crippen LogP) is 2.95. The molecule has 1 aromatic carbocycles. The fourth-order valence-corrected chi connectivity index (χ4v) is 2.49. The number of aliphatic hydroxyl groups is 1. The van der Waals surface area contributed by atoms with E-state index in [0.29, 0.717) is 17.9 Å². The first-order chi connectivity index (χ1) is 11.7. The second-order valence-electron chi connectivity index (χ2n) is 5.06. The zero-order valence-corrected chi connectivity index (χ0v) is 14.3. The molecule has 1 amide bonds. The fraction of sp³-hybridized carbons (Fsp3) is 0.118. The van der Waals surface area contributed by atoms with E-state index in [1.807, 2.05) is 24.3 Å². The van der Waals surface area contributed by atoms with Crippen LogP contribution in [-0.4, -0.2) is 32.4 Å². The molecule has 6 nitrogen and oxygen atoms in total. The van der Waals surface area contributed by atoms with Gasteiger partial charge in [0, 0.05) is 28.5 Å². The SMILES string of the molecule is O=C(Nc1cc(-c2ccc(Br)cc2)nn1CCO)c1cccnc1. The molecule has 0 unspecified atom stereocenters. The lowest BCUT2D eigenvalue weighted by atomic mass is 10.1. The number of aromatic nitrogens is 3. The van der Waals surface area contributed by atoms with E-state index in [-0.39, 0.29) is 12.5 Å². The van der Waals surface area contributed by atoms with E-state index in [1.54, 1.807) is 29.1 Å². The Labute approximate surface area is 147 Å². The minimum Gasteiger partial charge on any atom is -0.394 e. The molecule has 24 heavy (non-hydrogen) atoms. The molecule has 122 valence electrons. The second kappa shape index (κ2) is 7.37. The van der Waals surface area contributed by atoms with Gasteiger partial charge in [-0.05, 0) is 24.3 Å². The normalized spacial score (nSPS) is 10.6. The van der Waals surface area contributed by atoms with Gasteiger partial charge in [0.15, 0.2) is 0 Å². The van der Waals surface area contributed by atoms with Crippen LogP contribution in [0, 0.1) is 0 Å². The summed E-state index contributed by atoms with van der Waals surface area (Å²) in [5.74, 6) is 0.250. The van der Waals surface area contributed by atoms with E-state index in [4.69, 9.17) is 0 Å². The van der Waals surface area contributed by atoms with E-state index in [1.165, 1.54) is 6.20 Å².